The molecular formula is C21H25BrClNO3. The number of fused-ring (bicyclic) bond motifs is 1. The molecule has 0 radical (unpaired) electrons. The molecule has 1 aliphatic heterocycles. The molecule has 5 aliphatic rings. The van der Waals surface area contributed by atoms with Gasteiger partial charge in [0.15, 0.2) is 11.5 Å². The van der Waals surface area contributed by atoms with Gasteiger partial charge in [-0.2, -0.15) is 0 Å². The number of alkyl halides is 1. The summed E-state index contributed by atoms with van der Waals surface area (Å²) >= 11 is 10.4. The highest BCUT2D eigenvalue weighted by Gasteiger charge is 2.57. The van der Waals surface area contributed by atoms with Crippen molar-refractivity contribution in [1.82, 2.24) is 0 Å². The van der Waals surface area contributed by atoms with Gasteiger partial charge < -0.3 is 14.8 Å². The number of amides is 1. The Hall–Kier alpha value is -0.940. The minimum Gasteiger partial charge on any atom is -0.490 e. The lowest BCUT2D eigenvalue weighted by Crippen LogP contribution is -2.53. The molecule has 1 heterocycles. The zero-order valence-corrected chi connectivity index (χ0v) is 17.7. The van der Waals surface area contributed by atoms with Gasteiger partial charge in [-0.25, -0.2) is 0 Å². The van der Waals surface area contributed by atoms with E-state index in [1.807, 2.05) is 0 Å². The lowest BCUT2D eigenvalue weighted by atomic mass is 9.48. The molecule has 1 amide bonds. The molecule has 1 aromatic rings. The summed E-state index contributed by atoms with van der Waals surface area (Å²) in [5.74, 6) is 2.92. The maximum absolute atomic E-state index is 12.9. The van der Waals surface area contributed by atoms with Crippen molar-refractivity contribution in [2.75, 3.05) is 18.5 Å². The quantitative estimate of drug-likeness (QED) is 0.608. The monoisotopic (exact) mass is 453 g/mol. The first-order valence-electron chi connectivity index (χ1n) is 10.0. The summed E-state index contributed by atoms with van der Waals surface area (Å²) in [7, 11) is 0. The number of ether oxygens (including phenoxy) is 2. The Kier molecular flexibility index (Phi) is 4.39. The highest BCUT2D eigenvalue weighted by Crippen LogP contribution is 2.65. The fraction of sp³-hybridized carbons (Fsp3) is 0.667. The summed E-state index contributed by atoms with van der Waals surface area (Å²) in [4.78, 5) is 12.9. The van der Waals surface area contributed by atoms with Crippen LogP contribution < -0.4 is 14.8 Å². The minimum absolute atomic E-state index is 0.0597. The Labute approximate surface area is 173 Å². The summed E-state index contributed by atoms with van der Waals surface area (Å²) in [6.07, 6.45) is 8.84. The molecule has 0 saturated heterocycles. The van der Waals surface area contributed by atoms with Crippen LogP contribution in [0.15, 0.2) is 12.1 Å². The highest BCUT2D eigenvalue weighted by molar-refractivity contribution is 9.10. The molecule has 1 aromatic carbocycles. The predicted molar refractivity (Wildman–Crippen MR) is 109 cm³/mol. The molecule has 4 fully saturated rings. The summed E-state index contributed by atoms with van der Waals surface area (Å²) < 4.78 is 11.7. The van der Waals surface area contributed by atoms with E-state index in [0.717, 1.165) is 24.7 Å². The van der Waals surface area contributed by atoms with Crippen LogP contribution in [0.1, 0.15) is 51.4 Å². The van der Waals surface area contributed by atoms with E-state index in [1.54, 1.807) is 12.1 Å². The molecule has 4 bridgehead atoms. The zero-order chi connectivity index (χ0) is 18.6. The number of carbonyl (C=O) groups is 1. The van der Waals surface area contributed by atoms with Crippen LogP contribution >= 0.6 is 27.5 Å². The first-order valence-corrected chi connectivity index (χ1v) is 11.2. The van der Waals surface area contributed by atoms with Crippen molar-refractivity contribution in [2.24, 2.45) is 17.3 Å². The fourth-order valence-electron chi connectivity index (χ4n) is 6.36. The number of carbonyl (C=O) groups excluding carboxylic acids is 1. The second-order valence-electron chi connectivity index (χ2n) is 9.17. The van der Waals surface area contributed by atoms with Crippen molar-refractivity contribution in [3.8, 4) is 11.5 Å². The lowest BCUT2D eigenvalue weighted by Gasteiger charge is -2.60. The smallest absolute Gasteiger partial charge is 0.224 e. The van der Waals surface area contributed by atoms with Crippen LogP contribution in [0.2, 0.25) is 5.02 Å². The molecule has 1 N–H and O–H groups in total. The third-order valence-electron chi connectivity index (χ3n) is 6.76. The molecular weight excluding hydrogens is 430 g/mol. The first-order chi connectivity index (χ1) is 12.9. The van der Waals surface area contributed by atoms with Crippen molar-refractivity contribution in [1.29, 1.82) is 0 Å². The maximum Gasteiger partial charge on any atom is 0.224 e. The second-order valence-corrected chi connectivity index (χ2v) is 11.3. The van der Waals surface area contributed by atoms with Gasteiger partial charge in [0.2, 0.25) is 5.91 Å². The van der Waals surface area contributed by atoms with Crippen LogP contribution in [0.5, 0.6) is 11.5 Å². The molecule has 6 rings (SSSR count). The van der Waals surface area contributed by atoms with Gasteiger partial charge in [-0.05, 0) is 55.8 Å². The number of rotatable bonds is 3. The first kappa shape index (κ1) is 18.1. The number of hydrogen-bond donors (Lipinski definition) is 1. The zero-order valence-electron chi connectivity index (χ0n) is 15.4. The summed E-state index contributed by atoms with van der Waals surface area (Å²) in [5, 5.41) is 3.54. The molecule has 4 nitrogen and oxygen atoms in total. The van der Waals surface area contributed by atoms with E-state index in [2.05, 4.69) is 21.2 Å². The van der Waals surface area contributed by atoms with Crippen molar-refractivity contribution in [3.63, 3.8) is 0 Å². The van der Waals surface area contributed by atoms with Crippen LogP contribution in [0.4, 0.5) is 5.69 Å². The summed E-state index contributed by atoms with van der Waals surface area (Å²) in [5.41, 5.74) is 0.763. The Morgan fingerprint density at radius 3 is 2.48 bits per heavy atom. The fourth-order valence-corrected chi connectivity index (χ4v) is 8.07. The van der Waals surface area contributed by atoms with Gasteiger partial charge in [-0.3, -0.25) is 4.79 Å². The van der Waals surface area contributed by atoms with Gasteiger partial charge in [0, 0.05) is 29.3 Å². The molecule has 27 heavy (non-hydrogen) atoms. The highest BCUT2D eigenvalue weighted by atomic mass is 79.9. The number of nitrogens with one attached hydrogen (secondary N) is 1. The van der Waals surface area contributed by atoms with Crippen molar-refractivity contribution >= 4 is 39.1 Å². The third kappa shape index (κ3) is 3.46. The minimum atomic E-state index is 0.0597. The molecule has 2 atom stereocenters. The number of hydrogen-bond acceptors (Lipinski definition) is 3. The SMILES string of the molecule is O=C(CC12CC3CC(CC(Br)(C3)C1)C2)Nc1cc2c(cc1Cl)OCCCO2. The molecule has 6 heteroatoms. The normalized spacial score (nSPS) is 36.4. The molecule has 2 unspecified atom stereocenters. The maximum atomic E-state index is 12.9. The Bertz CT molecular complexity index is 769. The van der Waals surface area contributed by atoms with E-state index in [9.17, 15) is 4.79 Å². The van der Waals surface area contributed by atoms with Crippen LogP contribution in [0.3, 0.4) is 0 Å². The number of halogens is 2. The van der Waals surface area contributed by atoms with Crippen LogP contribution in [-0.4, -0.2) is 23.4 Å². The predicted octanol–water partition coefficient (Wildman–Crippen LogP) is 5.56. The van der Waals surface area contributed by atoms with Crippen molar-refractivity contribution in [3.05, 3.63) is 17.2 Å². The average Bonchev–Trinajstić information content (AvgIpc) is 2.77. The van der Waals surface area contributed by atoms with E-state index in [0.29, 0.717) is 41.8 Å². The van der Waals surface area contributed by atoms with Crippen LogP contribution in [0, 0.1) is 17.3 Å². The van der Waals surface area contributed by atoms with E-state index in [4.69, 9.17) is 21.1 Å². The van der Waals surface area contributed by atoms with E-state index in [-0.39, 0.29) is 15.6 Å². The van der Waals surface area contributed by atoms with Crippen molar-refractivity contribution < 1.29 is 14.3 Å². The summed E-state index contributed by atoms with van der Waals surface area (Å²) in [6.45, 7) is 1.23. The Morgan fingerprint density at radius 1 is 1.15 bits per heavy atom. The number of benzene rings is 1. The average molecular weight is 455 g/mol. The van der Waals surface area contributed by atoms with Gasteiger partial charge in [-0.15, -0.1) is 0 Å². The summed E-state index contributed by atoms with van der Waals surface area (Å²) in [6, 6.07) is 3.54. The molecule has 146 valence electrons. The topological polar surface area (TPSA) is 47.6 Å². The van der Waals surface area contributed by atoms with E-state index in [1.165, 1.54) is 32.1 Å². The van der Waals surface area contributed by atoms with Gasteiger partial charge in [0.1, 0.15) is 0 Å². The largest absolute Gasteiger partial charge is 0.490 e. The third-order valence-corrected chi connectivity index (χ3v) is 8.00. The lowest BCUT2D eigenvalue weighted by molar-refractivity contribution is -0.123. The van der Waals surface area contributed by atoms with Gasteiger partial charge >= 0.3 is 0 Å². The Balaban J connectivity index is 1.32. The van der Waals surface area contributed by atoms with Crippen LogP contribution in [0.25, 0.3) is 0 Å². The molecule has 0 aromatic heterocycles. The Morgan fingerprint density at radius 2 is 1.81 bits per heavy atom. The van der Waals surface area contributed by atoms with Gasteiger partial charge in [0.05, 0.1) is 23.9 Å². The van der Waals surface area contributed by atoms with E-state index >= 15 is 0 Å². The molecule has 0 spiro atoms. The van der Waals surface area contributed by atoms with Crippen LogP contribution in [-0.2, 0) is 4.79 Å². The number of anilines is 1. The molecule has 4 saturated carbocycles. The standard InChI is InChI=1S/C21H25BrClNO3/c22-21-9-13-4-14(10-21)8-20(7-13,12-21)11-19(25)24-16-6-18-17(5-15(16)23)26-2-1-3-27-18/h5-6,13-14H,1-4,7-12H2,(H,24,25). The van der Waals surface area contributed by atoms with Gasteiger partial charge in [0.25, 0.3) is 0 Å². The van der Waals surface area contributed by atoms with E-state index < -0.39 is 0 Å². The second kappa shape index (κ2) is 6.55. The van der Waals surface area contributed by atoms with Crippen molar-refractivity contribution in [2.45, 2.75) is 55.7 Å². The molecule has 4 aliphatic carbocycles. The van der Waals surface area contributed by atoms with Gasteiger partial charge in [-0.1, -0.05) is 27.5 Å².